The molecule has 0 atom stereocenters. The average Bonchev–Trinajstić information content (AvgIpc) is 1.86. The Hall–Kier alpha value is -0.0800. The smallest absolute Gasteiger partial charge is 0.0325 e. The van der Waals surface area contributed by atoms with Crippen molar-refractivity contribution in [1.29, 1.82) is 0 Å². The van der Waals surface area contributed by atoms with Crippen molar-refractivity contribution in [2.45, 2.75) is 38.8 Å². The van der Waals surface area contributed by atoms with Crippen molar-refractivity contribution in [1.82, 2.24) is 9.80 Å². The Morgan fingerprint density at radius 1 is 0.583 bits per heavy atom. The first-order valence-electron chi connectivity index (χ1n) is 4.49. The molecule has 0 N–H and O–H groups in total. The van der Waals surface area contributed by atoms with Crippen LogP contribution < -0.4 is 0 Å². The minimum absolute atomic E-state index is 0.177. The molecule has 0 aliphatic heterocycles. The molecular formula is C10H24N2. The summed E-state index contributed by atoms with van der Waals surface area (Å²) >= 11 is 0. The lowest BCUT2D eigenvalue weighted by atomic mass is 9.80. The Labute approximate surface area is 77.5 Å². The van der Waals surface area contributed by atoms with E-state index in [1.807, 2.05) is 0 Å². The maximum Gasteiger partial charge on any atom is 0.0325 e. The molecule has 2 heteroatoms. The van der Waals surface area contributed by atoms with Gasteiger partial charge in [0.25, 0.3) is 0 Å². The monoisotopic (exact) mass is 172 g/mol. The fourth-order valence-electron chi connectivity index (χ4n) is 1.09. The van der Waals surface area contributed by atoms with Crippen LogP contribution in [-0.4, -0.2) is 49.1 Å². The quantitative estimate of drug-likeness (QED) is 0.639. The first-order valence-corrected chi connectivity index (χ1v) is 4.49. The summed E-state index contributed by atoms with van der Waals surface area (Å²) in [4.78, 5) is 4.54. The standard InChI is InChI=1S/C10H24N2/c1-9(2,11(5)6)10(3,4)12(7)8/h1-8H3. The molecule has 0 amide bonds. The largest absolute Gasteiger partial charge is 0.302 e. The highest BCUT2D eigenvalue weighted by Gasteiger charge is 2.40. The molecular weight excluding hydrogens is 148 g/mol. The van der Waals surface area contributed by atoms with Crippen molar-refractivity contribution in [3.63, 3.8) is 0 Å². The molecule has 2 nitrogen and oxygen atoms in total. The molecule has 12 heavy (non-hydrogen) atoms. The van der Waals surface area contributed by atoms with Crippen LogP contribution in [0.25, 0.3) is 0 Å². The van der Waals surface area contributed by atoms with Gasteiger partial charge < -0.3 is 9.80 Å². The minimum Gasteiger partial charge on any atom is -0.302 e. The van der Waals surface area contributed by atoms with E-state index in [-0.39, 0.29) is 11.1 Å². The summed E-state index contributed by atoms with van der Waals surface area (Å²) in [7, 11) is 8.52. The number of rotatable bonds is 3. The zero-order valence-electron chi connectivity index (χ0n) is 9.89. The molecule has 0 aromatic carbocycles. The van der Waals surface area contributed by atoms with Crippen molar-refractivity contribution in [2.24, 2.45) is 0 Å². The Morgan fingerprint density at radius 2 is 0.750 bits per heavy atom. The Morgan fingerprint density at radius 3 is 0.833 bits per heavy atom. The van der Waals surface area contributed by atoms with E-state index in [4.69, 9.17) is 0 Å². The summed E-state index contributed by atoms with van der Waals surface area (Å²) in [5.74, 6) is 0. The fraction of sp³-hybridized carbons (Fsp3) is 1.00. The Bertz CT molecular complexity index is 128. The van der Waals surface area contributed by atoms with E-state index in [0.717, 1.165) is 0 Å². The lowest BCUT2D eigenvalue weighted by Gasteiger charge is -2.50. The molecule has 0 radical (unpaired) electrons. The van der Waals surface area contributed by atoms with Crippen LogP contribution in [0.15, 0.2) is 0 Å². The zero-order valence-corrected chi connectivity index (χ0v) is 9.89. The third-order valence-electron chi connectivity index (χ3n) is 3.73. The summed E-state index contributed by atoms with van der Waals surface area (Å²) in [6, 6.07) is 0. The van der Waals surface area contributed by atoms with Gasteiger partial charge in [0.2, 0.25) is 0 Å². The number of nitrogens with zero attached hydrogens (tertiary/aromatic N) is 2. The van der Waals surface area contributed by atoms with E-state index in [1.54, 1.807) is 0 Å². The highest BCUT2D eigenvalue weighted by Crippen LogP contribution is 2.29. The molecule has 0 aliphatic rings. The molecule has 0 heterocycles. The summed E-state index contributed by atoms with van der Waals surface area (Å²) in [5.41, 5.74) is 0.354. The second-order valence-electron chi connectivity index (χ2n) is 4.91. The third-order valence-corrected chi connectivity index (χ3v) is 3.73. The molecule has 0 rings (SSSR count). The molecule has 0 bridgehead atoms. The van der Waals surface area contributed by atoms with Crippen LogP contribution in [-0.2, 0) is 0 Å². The predicted octanol–water partition coefficient (Wildman–Crippen LogP) is 1.67. The van der Waals surface area contributed by atoms with Crippen molar-refractivity contribution >= 4 is 0 Å². The molecule has 0 unspecified atom stereocenters. The van der Waals surface area contributed by atoms with Gasteiger partial charge in [0.1, 0.15) is 0 Å². The van der Waals surface area contributed by atoms with E-state index in [0.29, 0.717) is 0 Å². The van der Waals surface area contributed by atoms with Gasteiger partial charge in [-0.05, 0) is 55.9 Å². The summed E-state index contributed by atoms with van der Waals surface area (Å²) < 4.78 is 0. The van der Waals surface area contributed by atoms with Gasteiger partial charge >= 0.3 is 0 Å². The lowest BCUT2D eigenvalue weighted by molar-refractivity contribution is 0.0154. The summed E-state index contributed by atoms with van der Waals surface area (Å²) in [5, 5.41) is 0. The lowest BCUT2D eigenvalue weighted by Crippen LogP contribution is -2.61. The number of hydrogen-bond donors (Lipinski definition) is 0. The minimum atomic E-state index is 0.177. The second-order valence-corrected chi connectivity index (χ2v) is 4.91. The van der Waals surface area contributed by atoms with E-state index in [1.165, 1.54) is 0 Å². The second kappa shape index (κ2) is 3.35. The fourth-order valence-corrected chi connectivity index (χ4v) is 1.09. The van der Waals surface area contributed by atoms with Crippen LogP contribution >= 0.6 is 0 Å². The van der Waals surface area contributed by atoms with Crippen molar-refractivity contribution < 1.29 is 0 Å². The SMILES string of the molecule is CN(C)C(C)(C)C(C)(C)N(C)C. The maximum atomic E-state index is 2.27. The third kappa shape index (κ3) is 1.80. The highest BCUT2D eigenvalue weighted by molar-refractivity contribution is 4.99. The first kappa shape index (κ1) is 11.9. The van der Waals surface area contributed by atoms with Gasteiger partial charge in [0, 0.05) is 11.1 Å². The van der Waals surface area contributed by atoms with Crippen molar-refractivity contribution in [3.8, 4) is 0 Å². The van der Waals surface area contributed by atoms with Crippen LogP contribution in [0, 0.1) is 0 Å². The van der Waals surface area contributed by atoms with Gasteiger partial charge in [-0.2, -0.15) is 0 Å². The van der Waals surface area contributed by atoms with Gasteiger partial charge in [-0.1, -0.05) is 0 Å². The molecule has 0 spiro atoms. The van der Waals surface area contributed by atoms with Crippen LogP contribution in [0.2, 0.25) is 0 Å². The van der Waals surface area contributed by atoms with E-state index in [2.05, 4.69) is 65.7 Å². The number of likely N-dealkylation sites (N-methyl/N-ethyl adjacent to an activating group) is 2. The summed E-state index contributed by atoms with van der Waals surface area (Å²) in [6.07, 6.45) is 0. The molecule has 74 valence electrons. The van der Waals surface area contributed by atoms with Gasteiger partial charge in [-0.15, -0.1) is 0 Å². The van der Waals surface area contributed by atoms with Gasteiger partial charge in [0.15, 0.2) is 0 Å². The van der Waals surface area contributed by atoms with Crippen LogP contribution in [0.5, 0.6) is 0 Å². The van der Waals surface area contributed by atoms with Crippen LogP contribution in [0.4, 0.5) is 0 Å². The molecule has 0 saturated heterocycles. The van der Waals surface area contributed by atoms with Crippen LogP contribution in [0.3, 0.4) is 0 Å². The maximum absolute atomic E-state index is 2.27. The molecule has 0 fully saturated rings. The van der Waals surface area contributed by atoms with Crippen LogP contribution in [0.1, 0.15) is 27.7 Å². The van der Waals surface area contributed by atoms with Gasteiger partial charge in [0.05, 0.1) is 0 Å². The Balaban J connectivity index is 4.75. The molecule has 0 aromatic heterocycles. The number of hydrogen-bond acceptors (Lipinski definition) is 2. The van der Waals surface area contributed by atoms with Gasteiger partial charge in [-0.25, -0.2) is 0 Å². The van der Waals surface area contributed by atoms with E-state index in [9.17, 15) is 0 Å². The normalized spacial score (nSPS) is 14.5. The summed E-state index contributed by atoms with van der Waals surface area (Å²) in [6.45, 7) is 9.08. The molecule has 0 saturated carbocycles. The molecule has 0 aromatic rings. The first-order chi connectivity index (χ1) is 5.14. The topological polar surface area (TPSA) is 6.48 Å². The molecule has 0 aliphatic carbocycles. The zero-order chi connectivity index (χ0) is 10.2. The van der Waals surface area contributed by atoms with Gasteiger partial charge in [-0.3, -0.25) is 0 Å². The van der Waals surface area contributed by atoms with E-state index < -0.39 is 0 Å². The van der Waals surface area contributed by atoms with Crippen molar-refractivity contribution in [2.75, 3.05) is 28.2 Å². The predicted molar refractivity (Wildman–Crippen MR) is 55.5 cm³/mol. The van der Waals surface area contributed by atoms with Crippen molar-refractivity contribution in [3.05, 3.63) is 0 Å². The van der Waals surface area contributed by atoms with E-state index >= 15 is 0 Å². The average molecular weight is 172 g/mol. The Kier molecular flexibility index (Phi) is 3.32. The highest BCUT2D eigenvalue weighted by atomic mass is 15.2.